The summed E-state index contributed by atoms with van der Waals surface area (Å²) in [5.74, 6) is 0.562. The van der Waals surface area contributed by atoms with Crippen LogP contribution in [0.4, 0.5) is 10.1 Å². The first-order valence-corrected chi connectivity index (χ1v) is 12.6. The van der Waals surface area contributed by atoms with Crippen molar-refractivity contribution in [1.29, 1.82) is 0 Å². The summed E-state index contributed by atoms with van der Waals surface area (Å²) in [7, 11) is 0. The summed E-state index contributed by atoms with van der Waals surface area (Å²) >= 11 is 0. The standard InChI is InChI=1S/C29H32FN3O/c30-24-4-1-3-21(16-24)26-5-2-6-28-29(26)23(19-31-28)18-25-17-22-15-20(7-8-27(22)32-25)9-10-33-11-13-34-14-12-33/h1-6,16-18,20,31-32H,7-15,19H2/b23-18+. The molecule has 3 aliphatic rings. The van der Waals surface area contributed by atoms with Gasteiger partial charge in [0.2, 0.25) is 0 Å². The van der Waals surface area contributed by atoms with Crippen LogP contribution < -0.4 is 5.32 Å². The number of nitrogens with zero attached hydrogens (tertiary/aromatic N) is 1. The number of aromatic nitrogens is 1. The van der Waals surface area contributed by atoms with Crippen molar-refractivity contribution >= 4 is 17.3 Å². The van der Waals surface area contributed by atoms with E-state index in [1.54, 1.807) is 12.1 Å². The molecule has 0 amide bonds. The zero-order valence-electron chi connectivity index (χ0n) is 19.6. The molecule has 3 aromatic rings. The molecule has 0 saturated carbocycles. The van der Waals surface area contributed by atoms with E-state index in [0.29, 0.717) is 0 Å². The summed E-state index contributed by atoms with van der Waals surface area (Å²) in [4.78, 5) is 6.24. The number of benzene rings is 2. The predicted octanol–water partition coefficient (Wildman–Crippen LogP) is 5.61. The van der Waals surface area contributed by atoms with Gasteiger partial charge in [-0.2, -0.15) is 0 Å². The lowest BCUT2D eigenvalue weighted by atomic mass is 9.85. The topological polar surface area (TPSA) is 40.3 Å². The number of aryl methyl sites for hydroxylation is 1. The van der Waals surface area contributed by atoms with Gasteiger partial charge in [0.15, 0.2) is 0 Å². The number of nitrogens with one attached hydrogen (secondary N) is 2. The minimum Gasteiger partial charge on any atom is -0.380 e. The maximum Gasteiger partial charge on any atom is 0.123 e. The number of hydrogen-bond acceptors (Lipinski definition) is 3. The first kappa shape index (κ1) is 21.6. The lowest BCUT2D eigenvalue weighted by molar-refractivity contribution is 0.0351. The third kappa shape index (κ3) is 4.42. The maximum atomic E-state index is 13.9. The SMILES string of the molecule is Fc1cccc(-c2cccc3c2/C(=C/c2cc4c([nH]2)CCC(CCN2CCOCC2)C4)CN3)c1. The van der Waals surface area contributed by atoms with Crippen molar-refractivity contribution in [2.45, 2.75) is 25.7 Å². The quantitative estimate of drug-likeness (QED) is 0.523. The van der Waals surface area contributed by atoms with E-state index < -0.39 is 0 Å². The zero-order chi connectivity index (χ0) is 22.9. The molecule has 2 aliphatic heterocycles. The largest absolute Gasteiger partial charge is 0.380 e. The van der Waals surface area contributed by atoms with Crippen molar-refractivity contribution in [2.75, 3.05) is 44.7 Å². The molecule has 0 radical (unpaired) electrons. The van der Waals surface area contributed by atoms with Crippen LogP contribution in [0.25, 0.3) is 22.8 Å². The number of halogens is 1. The van der Waals surface area contributed by atoms with Crippen molar-refractivity contribution < 1.29 is 9.13 Å². The van der Waals surface area contributed by atoms with Gasteiger partial charge in [-0.05, 0) is 90.8 Å². The summed E-state index contributed by atoms with van der Waals surface area (Å²) < 4.78 is 19.4. The number of rotatable bonds is 5. The lowest BCUT2D eigenvalue weighted by Crippen LogP contribution is -2.37. The van der Waals surface area contributed by atoms with E-state index in [9.17, 15) is 4.39 Å². The molecule has 176 valence electrons. The van der Waals surface area contributed by atoms with E-state index in [0.717, 1.165) is 62.0 Å². The third-order valence-corrected chi connectivity index (χ3v) is 7.60. The average molecular weight is 458 g/mol. The molecule has 1 aliphatic carbocycles. The minimum atomic E-state index is -0.202. The third-order valence-electron chi connectivity index (χ3n) is 7.60. The Hall–Kier alpha value is -2.89. The van der Waals surface area contributed by atoms with Crippen LogP contribution in [0.1, 0.15) is 35.4 Å². The second-order valence-electron chi connectivity index (χ2n) is 9.84. The summed E-state index contributed by atoms with van der Waals surface area (Å²) in [5.41, 5.74) is 9.60. The molecule has 0 bridgehead atoms. The van der Waals surface area contributed by atoms with Gasteiger partial charge in [-0.25, -0.2) is 4.39 Å². The number of anilines is 1. The fraction of sp³-hybridized carbons (Fsp3) is 0.379. The van der Waals surface area contributed by atoms with Crippen molar-refractivity contribution in [1.82, 2.24) is 9.88 Å². The van der Waals surface area contributed by atoms with Gasteiger partial charge in [-0.3, -0.25) is 4.90 Å². The lowest BCUT2D eigenvalue weighted by Gasteiger charge is -2.29. The molecule has 2 N–H and O–H groups in total. The van der Waals surface area contributed by atoms with Gasteiger partial charge in [0.1, 0.15) is 5.82 Å². The second-order valence-corrected chi connectivity index (χ2v) is 9.84. The van der Waals surface area contributed by atoms with E-state index >= 15 is 0 Å². The number of hydrogen-bond donors (Lipinski definition) is 2. The Morgan fingerprint density at radius 2 is 1.97 bits per heavy atom. The highest BCUT2D eigenvalue weighted by Gasteiger charge is 2.24. The van der Waals surface area contributed by atoms with Crippen molar-refractivity contribution in [3.05, 3.63) is 76.9 Å². The number of ether oxygens (including phenoxy) is 1. The molecule has 3 heterocycles. The summed E-state index contributed by atoms with van der Waals surface area (Å²) in [5, 5.41) is 3.52. The molecule has 1 unspecified atom stereocenters. The highest BCUT2D eigenvalue weighted by atomic mass is 19.1. The van der Waals surface area contributed by atoms with E-state index in [4.69, 9.17) is 4.74 Å². The van der Waals surface area contributed by atoms with Crippen LogP contribution in [0.15, 0.2) is 48.5 Å². The molecule has 4 nitrogen and oxygen atoms in total. The summed E-state index contributed by atoms with van der Waals surface area (Å²) in [6.45, 7) is 5.89. The van der Waals surface area contributed by atoms with E-state index in [1.165, 1.54) is 60.0 Å². The highest BCUT2D eigenvalue weighted by Crippen LogP contribution is 2.40. The molecule has 1 fully saturated rings. The number of morpholine rings is 1. The smallest absolute Gasteiger partial charge is 0.123 e. The van der Waals surface area contributed by atoms with Gasteiger partial charge >= 0.3 is 0 Å². The molecule has 34 heavy (non-hydrogen) atoms. The molecular formula is C29H32FN3O. The molecule has 1 atom stereocenters. The Morgan fingerprint density at radius 1 is 1.09 bits per heavy atom. The molecular weight excluding hydrogens is 425 g/mol. The van der Waals surface area contributed by atoms with E-state index in [1.807, 2.05) is 12.1 Å². The van der Waals surface area contributed by atoms with Crippen molar-refractivity contribution in [3.63, 3.8) is 0 Å². The highest BCUT2D eigenvalue weighted by molar-refractivity contribution is 5.99. The maximum absolute atomic E-state index is 13.9. The van der Waals surface area contributed by atoms with Gasteiger partial charge in [0, 0.05) is 42.3 Å². The van der Waals surface area contributed by atoms with Gasteiger partial charge in [0.05, 0.1) is 13.2 Å². The van der Waals surface area contributed by atoms with Crippen molar-refractivity contribution in [3.8, 4) is 11.1 Å². The van der Waals surface area contributed by atoms with Crippen molar-refractivity contribution in [2.24, 2.45) is 5.92 Å². The van der Waals surface area contributed by atoms with Gasteiger partial charge in [-0.15, -0.1) is 0 Å². The Kier molecular flexibility index (Phi) is 5.98. The predicted molar refractivity (Wildman–Crippen MR) is 136 cm³/mol. The summed E-state index contributed by atoms with van der Waals surface area (Å²) in [6, 6.07) is 15.5. The van der Waals surface area contributed by atoms with Crippen LogP contribution >= 0.6 is 0 Å². The molecule has 1 saturated heterocycles. The Bertz CT molecular complexity index is 1210. The van der Waals surface area contributed by atoms with Crippen LogP contribution in [-0.4, -0.2) is 49.3 Å². The molecule has 1 aromatic heterocycles. The first-order chi connectivity index (χ1) is 16.7. The molecule has 2 aromatic carbocycles. The summed E-state index contributed by atoms with van der Waals surface area (Å²) in [6.07, 6.45) is 7.12. The normalized spacial score (nSPS) is 21.3. The Morgan fingerprint density at radius 3 is 2.85 bits per heavy atom. The fourth-order valence-corrected chi connectivity index (χ4v) is 5.78. The van der Waals surface area contributed by atoms with Crippen LogP contribution in [0.5, 0.6) is 0 Å². The molecule has 5 heteroatoms. The monoisotopic (exact) mass is 457 g/mol. The average Bonchev–Trinajstić information content (AvgIpc) is 3.47. The minimum absolute atomic E-state index is 0.202. The van der Waals surface area contributed by atoms with Crippen LogP contribution in [0, 0.1) is 11.7 Å². The van der Waals surface area contributed by atoms with E-state index in [-0.39, 0.29) is 5.82 Å². The Balaban J connectivity index is 1.21. The van der Waals surface area contributed by atoms with Crippen LogP contribution in [0.3, 0.4) is 0 Å². The molecule has 0 spiro atoms. The van der Waals surface area contributed by atoms with Crippen LogP contribution in [0.2, 0.25) is 0 Å². The molecule has 6 rings (SSSR count). The Labute approximate surface area is 200 Å². The van der Waals surface area contributed by atoms with Gasteiger partial charge in [0.25, 0.3) is 0 Å². The van der Waals surface area contributed by atoms with Gasteiger partial charge in [-0.1, -0.05) is 24.3 Å². The van der Waals surface area contributed by atoms with Crippen LogP contribution in [-0.2, 0) is 17.6 Å². The number of fused-ring (bicyclic) bond motifs is 2. The van der Waals surface area contributed by atoms with Gasteiger partial charge < -0.3 is 15.0 Å². The fourth-order valence-electron chi connectivity index (χ4n) is 5.78. The second kappa shape index (κ2) is 9.40. The zero-order valence-corrected chi connectivity index (χ0v) is 19.6. The van der Waals surface area contributed by atoms with E-state index in [2.05, 4.69) is 39.5 Å². The number of H-pyrrole nitrogens is 1. The first-order valence-electron chi connectivity index (χ1n) is 12.6. The number of aromatic amines is 1.